The third-order valence-corrected chi connectivity index (χ3v) is 4.99. The number of rotatable bonds is 4. The summed E-state index contributed by atoms with van der Waals surface area (Å²) in [6, 6.07) is 14.0. The van der Waals surface area contributed by atoms with Gasteiger partial charge < -0.3 is 14.8 Å². The maximum Gasteiger partial charge on any atom is 0.235 e. The minimum atomic E-state index is -0.569. The minimum absolute atomic E-state index is 0.00329. The van der Waals surface area contributed by atoms with E-state index in [-0.39, 0.29) is 5.91 Å². The van der Waals surface area contributed by atoms with Crippen LogP contribution >= 0.6 is 0 Å². The summed E-state index contributed by atoms with van der Waals surface area (Å²) in [4.78, 5) is 13.3. The summed E-state index contributed by atoms with van der Waals surface area (Å²) in [5.74, 6) is 0.675. The van der Waals surface area contributed by atoms with Crippen molar-refractivity contribution in [2.75, 3.05) is 25.6 Å². The lowest BCUT2D eigenvalue weighted by Gasteiger charge is -2.36. The molecule has 3 rings (SSSR count). The Morgan fingerprint density at radius 1 is 1.04 bits per heavy atom. The van der Waals surface area contributed by atoms with Gasteiger partial charge in [-0.3, -0.25) is 4.79 Å². The Morgan fingerprint density at radius 3 is 2.32 bits per heavy atom. The van der Waals surface area contributed by atoms with Gasteiger partial charge in [-0.25, -0.2) is 0 Å². The van der Waals surface area contributed by atoms with Gasteiger partial charge in [0, 0.05) is 13.2 Å². The maximum atomic E-state index is 13.3. The highest BCUT2D eigenvalue weighted by atomic mass is 16.5. The van der Waals surface area contributed by atoms with Crippen molar-refractivity contribution in [2.45, 2.75) is 32.1 Å². The van der Waals surface area contributed by atoms with Crippen LogP contribution in [0.2, 0.25) is 0 Å². The smallest absolute Gasteiger partial charge is 0.235 e. The van der Waals surface area contributed by atoms with E-state index >= 15 is 0 Å². The highest BCUT2D eigenvalue weighted by molar-refractivity contribution is 6.00. The van der Waals surface area contributed by atoms with Crippen molar-refractivity contribution < 1.29 is 14.3 Å². The topological polar surface area (TPSA) is 47.6 Å². The molecule has 1 amide bonds. The van der Waals surface area contributed by atoms with Crippen molar-refractivity contribution in [3.63, 3.8) is 0 Å². The summed E-state index contributed by atoms with van der Waals surface area (Å²) in [5.41, 5.74) is 3.45. The SMILES string of the molecule is COc1ccc(C)cc1NC(=O)C1(c2ccc(C)cc2)CCOCC1. The molecule has 0 saturated carbocycles. The molecule has 0 atom stereocenters. The Morgan fingerprint density at radius 2 is 1.68 bits per heavy atom. The van der Waals surface area contributed by atoms with Crippen LogP contribution in [0.25, 0.3) is 0 Å². The van der Waals surface area contributed by atoms with Crippen molar-refractivity contribution in [3.05, 3.63) is 59.2 Å². The van der Waals surface area contributed by atoms with Crippen LogP contribution in [0.4, 0.5) is 5.69 Å². The summed E-state index contributed by atoms with van der Waals surface area (Å²) in [6.07, 6.45) is 1.35. The van der Waals surface area contributed by atoms with Crippen LogP contribution in [-0.4, -0.2) is 26.2 Å². The van der Waals surface area contributed by atoms with Gasteiger partial charge in [0.25, 0.3) is 0 Å². The fraction of sp³-hybridized carbons (Fsp3) is 0.381. The Labute approximate surface area is 149 Å². The van der Waals surface area contributed by atoms with E-state index in [9.17, 15) is 4.79 Å². The van der Waals surface area contributed by atoms with Gasteiger partial charge in [0.05, 0.1) is 18.2 Å². The van der Waals surface area contributed by atoms with Crippen molar-refractivity contribution in [1.29, 1.82) is 0 Å². The van der Waals surface area contributed by atoms with Gasteiger partial charge >= 0.3 is 0 Å². The quantitative estimate of drug-likeness (QED) is 0.916. The molecule has 25 heavy (non-hydrogen) atoms. The first-order valence-corrected chi connectivity index (χ1v) is 8.66. The Balaban J connectivity index is 1.95. The molecule has 1 heterocycles. The molecule has 0 aromatic heterocycles. The van der Waals surface area contributed by atoms with Crippen LogP contribution in [0.5, 0.6) is 5.75 Å². The van der Waals surface area contributed by atoms with E-state index in [1.54, 1.807) is 7.11 Å². The Kier molecular flexibility index (Phi) is 5.09. The van der Waals surface area contributed by atoms with E-state index in [1.165, 1.54) is 5.56 Å². The molecular weight excluding hydrogens is 314 g/mol. The first-order valence-electron chi connectivity index (χ1n) is 8.66. The third kappa shape index (κ3) is 3.54. The van der Waals surface area contributed by atoms with E-state index in [1.807, 2.05) is 25.1 Å². The fourth-order valence-corrected chi connectivity index (χ4v) is 3.40. The van der Waals surface area contributed by atoms with E-state index < -0.39 is 5.41 Å². The number of hydrogen-bond acceptors (Lipinski definition) is 3. The van der Waals surface area contributed by atoms with Gasteiger partial charge in [-0.05, 0) is 49.9 Å². The molecule has 0 bridgehead atoms. The Bertz CT molecular complexity index is 746. The lowest BCUT2D eigenvalue weighted by atomic mass is 9.73. The van der Waals surface area contributed by atoms with E-state index in [0.717, 1.165) is 11.1 Å². The number of nitrogens with one attached hydrogen (secondary N) is 1. The molecule has 2 aromatic rings. The van der Waals surface area contributed by atoms with Gasteiger partial charge in [-0.2, -0.15) is 0 Å². The van der Waals surface area contributed by atoms with Crippen LogP contribution < -0.4 is 10.1 Å². The fourth-order valence-electron chi connectivity index (χ4n) is 3.40. The summed E-state index contributed by atoms with van der Waals surface area (Å²) in [6.45, 7) is 5.23. The number of ether oxygens (including phenoxy) is 2. The molecule has 2 aromatic carbocycles. The minimum Gasteiger partial charge on any atom is -0.495 e. The van der Waals surface area contributed by atoms with E-state index in [4.69, 9.17) is 9.47 Å². The molecule has 0 aliphatic carbocycles. The molecule has 1 N–H and O–H groups in total. The monoisotopic (exact) mass is 339 g/mol. The number of benzene rings is 2. The van der Waals surface area contributed by atoms with E-state index in [2.05, 4.69) is 36.5 Å². The average Bonchev–Trinajstić information content (AvgIpc) is 2.63. The van der Waals surface area contributed by atoms with Crippen LogP contribution in [0.15, 0.2) is 42.5 Å². The van der Waals surface area contributed by atoms with Crippen molar-refractivity contribution in [3.8, 4) is 5.75 Å². The Hall–Kier alpha value is -2.33. The second kappa shape index (κ2) is 7.28. The molecule has 1 aliphatic heterocycles. The summed E-state index contributed by atoms with van der Waals surface area (Å²) < 4.78 is 10.9. The molecule has 1 fully saturated rings. The first-order chi connectivity index (χ1) is 12.0. The van der Waals surface area contributed by atoms with Crippen molar-refractivity contribution in [2.24, 2.45) is 0 Å². The number of anilines is 1. The zero-order valence-corrected chi connectivity index (χ0v) is 15.1. The van der Waals surface area contributed by atoms with Gasteiger partial charge in [0.1, 0.15) is 5.75 Å². The molecule has 0 radical (unpaired) electrons. The predicted molar refractivity (Wildman–Crippen MR) is 99.3 cm³/mol. The lowest BCUT2D eigenvalue weighted by molar-refractivity contribution is -0.125. The second-order valence-electron chi connectivity index (χ2n) is 6.72. The summed E-state index contributed by atoms with van der Waals surface area (Å²) >= 11 is 0. The largest absolute Gasteiger partial charge is 0.495 e. The van der Waals surface area contributed by atoms with E-state index in [0.29, 0.717) is 37.5 Å². The van der Waals surface area contributed by atoms with Crippen molar-refractivity contribution in [1.82, 2.24) is 0 Å². The highest BCUT2D eigenvalue weighted by Crippen LogP contribution is 2.37. The average molecular weight is 339 g/mol. The normalized spacial score (nSPS) is 16.3. The van der Waals surface area contributed by atoms with Crippen molar-refractivity contribution >= 4 is 11.6 Å². The molecule has 4 nitrogen and oxygen atoms in total. The predicted octanol–water partition coefficient (Wildman–Crippen LogP) is 4.00. The molecule has 4 heteroatoms. The molecule has 132 valence electrons. The number of methoxy groups -OCH3 is 1. The molecule has 1 aliphatic rings. The van der Waals surface area contributed by atoms with Gasteiger partial charge in [-0.1, -0.05) is 35.9 Å². The lowest BCUT2D eigenvalue weighted by Crippen LogP contribution is -2.44. The number of carbonyl (C=O) groups excluding carboxylic acids is 1. The van der Waals surface area contributed by atoms with Crippen LogP contribution in [0.1, 0.15) is 29.5 Å². The molecule has 1 saturated heterocycles. The number of carbonyl (C=O) groups is 1. The van der Waals surface area contributed by atoms with Crippen LogP contribution in [0, 0.1) is 13.8 Å². The highest BCUT2D eigenvalue weighted by Gasteiger charge is 2.41. The number of amides is 1. The van der Waals surface area contributed by atoms with Crippen LogP contribution in [0.3, 0.4) is 0 Å². The maximum absolute atomic E-state index is 13.3. The summed E-state index contributed by atoms with van der Waals surface area (Å²) in [5, 5.41) is 3.11. The number of aryl methyl sites for hydroxylation is 2. The molecular formula is C21H25NO3. The zero-order valence-electron chi connectivity index (χ0n) is 15.1. The van der Waals surface area contributed by atoms with Crippen LogP contribution in [-0.2, 0) is 14.9 Å². The second-order valence-corrected chi connectivity index (χ2v) is 6.72. The molecule has 0 unspecified atom stereocenters. The van der Waals surface area contributed by atoms with Gasteiger partial charge in [0.15, 0.2) is 0 Å². The van der Waals surface area contributed by atoms with Gasteiger partial charge in [-0.15, -0.1) is 0 Å². The molecule has 0 spiro atoms. The summed E-state index contributed by atoms with van der Waals surface area (Å²) in [7, 11) is 1.62. The standard InChI is InChI=1S/C21H25NO3/c1-15-4-7-17(8-5-15)21(10-12-25-13-11-21)20(23)22-18-14-16(2)6-9-19(18)24-3/h4-9,14H,10-13H2,1-3H3,(H,22,23). The first kappa shape index (κ1) is 17.5. The zero-order chi connectivity index (χ0) is 17.9. The van der Waals surface area contributed by atoms with Gasteiger partial charge in [0.2, 0.25) is 5.91 Å². The third-order valence-electron chi connectivity index (χ3n) is 4.99. The number of hydrogen-bond donors (Lipinski definition) is 1.